The van der Waals surface area contributed by atoms with E-state index in [-0.39, 0.29) is 12.5 Å². The van der Waals surface area contributed by atoms with Crippen molar-refractivity contribution in [2.24, 2.45) is 0 Å². The molecule has 0 bridgehead atoms. The topological polar surface area (TPSA) is 88.1 Å². The molecule has 0 spiro atoms. The van der Waals surface area contributed by atoms with Gasteiger partial charge in [-0.1, -0.05) is 50.5 Å². The van der Waals surface area contributed by atoms with Gasteiger partial charge in [0.25, 0.3) is 0 Å². The van der Waals surface area contributed by atoms with E-state index in [2.05, 4.69) is 11.7 Å². The SMILES string of the molecule is CCCCCC[C@H](C)OC(=O)c1ccc(OC(=O)c2ccc(-c3ccc(OCCCCCCOC(=O)C(F)(F)C(F)(F)F)cc3)cc2)cc1. The molecule has 0 saturated heterocycles. The molecule has 0 radical (unpaired) electrons. The van der Waals surface area contributed by atoms with Crippen LogP contribution < -0.4 is 9.47 Å². The molecule has 0 unspecified atom stereocenters. The van der Waals surface area contributed by atoms with E-state index in [0.29, 0.717) is 48.5 Å². The van der Waals surface area contributed by atoms with Gasteiger partial charge in [-0.3, -0.25) is 0 Å². The smallest absolute Gasteiger partial charge is 0.465 e. The van der Waals surface area contributed by atoms with Crippen LogP contribution in [0, 0.1) is 0 Å². The summed E-state index contributed by atoms with van der Waals surface area (Å²) >= 11 is 0. The van der Waals surface area contributed by atoms with Crippen molar-refractivity contribution in [3.8, 4) is 22.6 Å². The number of alkyl halides is 5. The molecule has 0 aliphatic heterocycles. The summed E-state index contributed by atoms with van der Waals surface area (Å²) in [7, 11) is 0. The molecule has 0 amide bonds. The van der Waals surface area contributed by atoms with Crippen LogP contribution in [-0.2, 0) is 14.3 Å². The minimum absolute atomic E-state index is 0.148. The molecule has 12 heteroatoms. The lowest BCUT2D eigenvalue weighted by molar-refractivity contribution is -0.280. The van der Waals surface area contributed by atoms with Crippen LogP contribution in [0.2, 0.25) is 0 Å². The zero-order chi connectivity index (χ0) is 35.9. The van der Waals surface area contributed by atoms with Crippen molar-refractivity contribution in [1.82, 2.24) is 0 Å². The van der Waals surface area contributed by atoms with E-state index in [1.165, 1.54) is 0 Å². The van der Waals surface area contributed by atoms with Gasteiger partial charge in [0.05, 0.1) is 30.4 Å². The van der Waals surface area contributed by atoms with Crippen molar-refractivity contribution in [1.29, 1.82) is 0 Å². The van der Waals surface area contributed by atoms with Gasteiger partial charge in [0.2, 0.25) is 0 Å². The summed E-state index contributed by atoms with van der Waals surface area (Å²) in [5.74, 6) is -8.17. The molecule has 0 aromatic heterocycles. The highest BCUT2D eigenvalue weighted by atomic mass is 19.4. The Kier molecular flexibility index (Phi) is 15.0. The maximum Gasteiger partial charge on any atom is 0.465 e. The third kappa shape index (κ3) is 12.5. The molecule has 49 heavy (non-hydrogen) atoms. The normalized spacial score (nSPS) is 12.2. The van der Waals surface area contributed by atoms with Crippen molar-refractivity contribution in [3.05, 3.63) is 83.9 Å². The van der Waals surface area contributed by atoms with Gasteiger partial charge in [0.15, 0.2) is 0 Å². The molecule has 3 aromatic carbocycles. The maximum absolute atomic E-state index is 12.8. The van der Waals surface area contributed by atoms with Crippen molar-refractivity contribution in [2.45, 2.75) is 89.8 Å². The fourth-order valence-corrected chi connectivity index (χ4v) is 4.65. The molecule has 266 valence electrons. The van der Waals surface area contributed by atoms with Gasteiger partial charge >= 0.3 is 30.0 Å². The molecular formula is C37H41F5O7. The molecule has 1 atom stereocenters. The molecule has 0 N–H and O–H groups in total. The third-order valence-corrected chi connectivity index (χ3v) is 7.53. The van der Waals surface area contributed by atoms with E-state index in [1.807, 2.05) is 19.1 Å². The summed E-state index contributed by atoms with van der Waals surface area (Å²) in [6, 6.07) is 20.4. The van der Waals surface area contributed by atoms with E-state index in [9.17, 15) is 36.3 Å². The highest BCUT2D eigenvalue weighted by Gasteiger charge is 2.64. The summed E-state index contributed by atoms with van der Waals surface area (Å²) in [5.41, 5.74) is 2.47. The first kappa shape index (κ1) is 39.0. The first-order valence-electron chi connectivity index (χ1n) is 16.3. The molecule has 0 aliphatic rings. The standard InChI is InChI=1S/C37H41F5O7/c1-3-4-5-8-11-26(2)48-33(43)30-18-22-32(23-19-30)49-34(44)29-14-12-27(13-15-29)28-16-20-31(21-17-28)46-24-9-6-7-10-25-47-35(45)36(38,39)37(40,41)42/h12-23,26H,3-11,24-25H2,1-2H3/t26-/m0/s1. The van der Waals surface area contributed by atoms with Gasteiger partial charge in [-0.25, -0.2) is 14.4 Å². The average molecular weight is 693 g/mol. The summed E-state index contributed by atoms with van der Waals surface area (Å²) < 4.78 is 82.8. The molecule has 3 aromatic rings. The lowest BCUT2D eigenvalue weighted by atomic mass is 10.0. The highest BCUT2D eigenvalue weighted by molar-refractivity contribution is 5.92. The Morgan fingerprint density at radius 3 is 1.73 bits per heavy atom. The van der Waals surface area contributed by atoms with Crippen LogP contribution >= 0.6 is 0 Å². The number of hydrogen-bond donors (Lipinski definition) is 0. The molecule has 0 aliphatic carbocycles. The third-order valence-electron chi connectivity index (χ3n) is 7.53. The lowest BCUT2D eigenvalue weighted by Crippen LogP contribution is -2.45. The van der Waals surface area contributed by atoms with Gasteiger partial charge in [-0.15, -0.1) is 0 Å². The molecule has 0 heterocycles. The van der Waals surface area contributed by atoms with Crippen LogP contribution in [0.1, 0.15) is 92.4 Å². The van der Waals surface area contributed by atoms with E-state index >= 15 is 0 Å². The fourth-order valence-electron chi connectivity index (χ4n) is 4.65. The monoisotopic (exact) mass is 692 g/mol. The van der Waals surface area contributed by atoms with E-state index in [1.54, 1.807) is 60.7 Å². The number of esters is 3. The zero-order valence-electron chi connectivity index (χ0n) is 27.5. The lowest BCUT2D eigenvalue weighted by Gasteiger charge is -2.17. The number of ether oxygens (including phenoxy) is 4. The molecule has 3 rings (SSSR count). The van der Waals surface area contributed by atoms with Gasteiger partial charge in [0.1, 0.15) is 11.5 Å². The Labute approximate surface area is 282 Å². The van der Waals surface area contributed by atoms with Crippen molar-refractivity contribution >= 4 is 17.9 Å². The highest BCUT2D eigenvalue weighted by Crippen LogP contribution is 2.36. The Bertz CT molecular complexity index is 1470. The first-order chi connectivity index (χ1) is 23.3. The Hall–Kier alpha value is -4.48. The van der Waals surface area contributed by atoms with Crippen LogP contribution in [0.5, 0.6) is 11.5 Å². The quantitative estimate of drug-likeness (QED) is 0.0535. The molecule has 7 nitrogen and oxygen atoms in total. The Balaban J connectivity index is 1.36. The number of carbonyl (C=O) groups excluding carboxylic acids is 3. The minimum atomic E-state index is -5.98. The summed E-state index contributed by atoms with van der Waals surface area (Å²) in [5, 5.41) is 0. The van der Waals surface area contributed by atoms with Crippen molar-refractivity contribution in [2.75, 3.05) is 13.2 Å². The van der Waals surface area contributed by atoms with Crippen molar-refractivity contribution < 1.29 is 55.3 Å². The number of unbranched alkanes of at least 4 members (excludes halogenated alkanes) is 6. The second-order valence-corrected chi connectivity index (χ2v) is 11.6. The summed E-state index contributed by atoms with van der Waals surface area (Å²) in [6.07, 6.45) is 0.891. The van der Waals surface area contributed by atoms with Crippen LogP contribution in [0.3, 0.4) is 0 Å². The molecule has 0 fully saturated rings. The predicted octanol–water partition coefficient (Wildman–Crippen LogP) is 9.77. The van der Waals surface area contributed by atoms with Crippen LogP contribution in [0.15, 0.2) is 72.8 Å². The minimum Gasteiger partial charge on any atom is -0.494 e. The van der Waals surface area contributed by atoms with E-state index in [0.717, 1.165) is 43.2 Å². The molecular weight excluding hydrogens is 651 g/mol. The van der Waals surface area contributed by atoms with E-state index < -0.39 is 36.6 Å². The van der Waals surface area contributed by atoms with Crippen LogP contribution in [-0.4, -0.2) is 49.3 Å². The first-order valence-corrected chi connectivity index (χ1v) is 16.3. The van der Waals surface area contributed by atoms with E-state index in [4.69, 9.17) is 14.2 Å². The second-order valence-electron chi connectivity index (χ2n) is 11.6. The second kappa shape index (κ2) is 18.9. The Morgan fingerprint density at radius 1 is 0.633 bits per heavy atom. The summed E-state index contributed by atoms with van der Waals surface area (Å²) in [6.45, 7) is 3.85. The van der Waals surface area contributed by atoms with Gasteiger partial charge in [0, 0.05) is 0 Å². The number of hydrogen-bond acceptors (Lipinski definition) is 7. The average Bonchev–Trinajstić information content (AvgIpc) is 3.08. The van der Waals surface area contributed by atoms with Crippen LogP contribution in [0.4, 0.5) is 22.0 Å². The number of rotatable bonds is 19. The molecule has 0 saturated carbocycles. The number of carbonyl (C=O) groups is 3. The van der Waals surface area contributed by atoms with Gasteiger partial charge in [-0.05, 0) is 105 Å². The van der Waals surface area contributed by atoms with Crippen LogP contribution in [0.25, 0.3) is 11.1 Å². The predicted molar refractivity (Wildman–Crippen MR) is 173 cm³/mol. The number of halogens is 5. The number of benzene rings is 3. The maximum atomic E-state index is 12.8. The largest absolute Gasteiger partial charge is 0.494 e. The summed E-state index contributed by atoms with van der Waals surface area (Å²) in [4.78, 5) is 36.1. The zero-order valence-corrected chi connectivity index (χ0v) is 27.5. The Morgan fingerprint density at radius 2 is 1.14 bits per heavy atom. The van der Waals surface area contributed by atoms with Gasteiger partial charge in [-0.2, -0.15) is 22.0 Å². The fraction of sp³-hybridized carbons (Fsp3) is 0.432. The van der Waals surface area contributed by atoms with Gasteiger partial charge < -0.3 is 18.9 Å². The van der Waals surface area contributed by atoms with Crippen molar-refractivity contribution in [3.63, 3.8) is 0 Å².